The molecule has 0 spiro atoms. The maximum Gasteiger partial charge on any atom is 0.119 e. The molecule has 0 saturated carbocycles. The van der Waals surface area contributed by atoms with Gasteiger partial charge >= 0.3 is 0 Å². The van der Waals surface area contributed by atoms with E-state index < -0.39 is 0 Å². The van der Waals surface area contributed by atoms with Crippen molar-refractivity contribution in [1.82, 2.24) is 5.32 Å². The van der Waals surface area contributed by atoms with Crippen molar-refractivity contribution in [2.24, 2.45) is 5.92 Å². The molecule has 0 heterocycles. The Kier molecular flexibility index (Phi) is 3.96. The van der Waals surface area contributed by atoms with Gasteiger partial charge in [-0.1, -0.05) is 26.0 Å². The second-order valence-corrected chi connectivity index (χ2v) is 3.79. The fourth-order valence-corrected chi connectivity index (χ4v) is 1.72. The lowest BCUT2D eigenvalue weighted by molar-refractivity contribution is 0.408. The topological polar surface area (TPSA) is 21.3 Å². The van der Waals surface area contributed by atoms with Gasteiger partial charge in [-0.15, -0.1) is 0 Å². The molecule has 1 N–H and O–H groups in total. The van der Waals surface area contributed by atoms with Crippen LogP contribution in [-0.4, -0.2) is 14.2 Å². The van der Waals surface area contributed by atoms with E-state index in [4.69, 9.17) is 4.74 Å². The summed E-state index contributed by atoms with van der Waals surface area (Å²) in [5.41, 5.74) is 1.28. The van der Waals surface area contributed by atoms with Crippen LogP contribution in [0.15, 0.2) is 24.3 Å². The summed E-state index contributed by atoms with van der Waals surface area (Å²) >= 11 is 0. The Hall–Kier alpha value is -1.02. The van der Waals surface area contributed by atoms with Crippen molar-refractivity contribution in [3.8, 4) is 5.75 Å². The number of nitrogens with one attached hydrogen (secondary N) is 1. The average Bonchev–Trinajstić information content (AvgIpc) is 2.19. The number of ether oxygens (including phenoxy) is 1. The van der Waals surface area contributed by atoms with Gasteiger partial charge in [-0.25, -0.2) is 0 Å². The molecule has 1 aromatic carbocycles. The summed E-state index contributed by atoms with van der Waals surface area (Å²) < 4.78 is 5.20. The first-order valence-electron chi connectivity index (χ1n) is 5.00. The van der Waals surface area contributed by atoms with Crippen LogP contribution in [-0.2, 0) is 0 Å². The highest BCUT2D eigenvalue weighted by atomic mass is 16.5. The number of benzene rings is 1. The van der Waals surface area contributed by atoms with Gasteiger partial charge in [-0.3, -0.25) is 0 Å². The maximum atomic E-state index is 5.20. The van der Waals surface area contributed by atoms with Gasteiger partial charge in [-0.05, 0) is 30.7 Å². The van der Waals surface area contributed by atoms with Crippen molar-refractivity contribution in [3.05, 3.63) is 29.8 Å². The van der Waals surface area contributed by atoms with Crippen molar-refractivity contribution in [2.75, 3.05) is 14.2 Å². The number of hydrogen-bond acceptors (Lipinski definition) is 2. The molecule has 2 nitrogen and oxygen atoms in total. The fraction of sp³-hybridized carbons (Fsp3) is 0.500. The van der Waals surface area contributed by atoms with Gasteiger partial charge in [0.15, 0.2) is 0 Å². The van der Waals surface area contributed by atoms with Gasteiger partial charge in [0.05, 0.1) is 7.11 Å². The number of methoxy groups -OCH3 is 1. The molecule has 0 aliphatic rings. The summed E-state index contributed by atoms with van der Waals surface area (Å²) in [5.74, 6) is 1.50. The van der Waals surface area contributed by atoms with Crippen LogP contribution in [0.1, 0.15) is 25.5 Å². The zero-order valence-electron chi connectivity index (χ0n) is 9.37. The van der Waals surface area contributed by atoms with E-state index in [1.165, 1.54) is 5.56 Å². The van der Waals surface area contributed by atoms with Gasteiger partial charge in [-0.2, -0.15) is 0 Å². The van der Waals surface area contributed by atoms with Crippen LogP contribution in [0.25, 0.3) is 0 Å². The fourth-order valence-electron chi connectivity index (χ4n) is 1.72. The van der Waals surface area contributed by atoms with Crippen LogP contribution in [0, 0.1) is 5.92 Å². The minimum Gasteiger partial charge on any atom is -0.497 e. The van der Waals surface area contributed by atoms with E-state index in [2.05, 4.69) is 31.3 Å². The lowest BCUT2D eigenvalue weighted by Crippen LogP contribution is -2.21. The Morgan fingerprint density at radius 2 is 2.00 bits per heavy atom. The summed E-state index contributed by atoms with van der Waals surface area (Å²) in [6.45, 7) is 4.42. The molecule has 2 heteroatoms. The highest BCUT2D eigenvalue weighted by molar-refractivity contribution is 5.30. The molecule has 0 fully saturated rings. The predicted molar refractivity (Wildman–Crippen MR) is 59.6 cm³/mol. The molecule has 1 atom stereocenters. The van der Waals surface area contributed by atoms with Crippen molar-refractivity contribution in [1.29, 1.82) is 0 Å². The molecule has 1 unspecified atom stereocenters. The Balaban J connectivity index is 2.92. The van der Waals surface area contributed by atoms with Crippen LogP contribution in [0.4, 0.5) is 0 Å². The van der Waals surface area contributed by atoms with Crippen molar-refractivity contribution in [3.63, 3.8) is 0 Å². The summed E-state index contributed by atoms with van der Waals surface area (Å²) in [6, 6.07) is 8.60. The summed E-state index contributed by atoms with van der Waals surface area (Å²) in [4.78, 5) is 0. The van der Waals surface area contributed by atoms with Gasteiger partial charge in [0.25, 0.3) is 0 Å². The SMILES string of the molecule is CNC(c1cccc(OC)c1)C(C)C. The van der Waals surface area contributed by atoms with Crippen molar-refractivity contribution >= 4 is 0 Å². The molecule has 0 aliphatic heterocycles. The molecule has 1 aromatic rings. The third kappa shape index (κ3) is 2.48. The molecule has 0 aliphatic carbocycles. The van der Waals surface area contributed by atoms with Gasteiger partial charge in [0, 0.05) is 6.04 Å². The Bertz CT molecular complexity index is 283. The standard InChI is InChI=1S/C12H19NO/c1-9(2)12(13-3)10-6-5-7-11(8-10)14-4/h5-9,12-13H,1-4H3. The third-order valence-corrected chi connectivity index (χ3v) is 2.43. The predicted octanol–water partition coefficient (Wildman–Crippen LogP) is 2.61. The zero-order valence-corrected chi connectivity index (χ0v) is 9.37. The first kappa shape index (κ1) is 11.1. The summed E-state index contributed by atoms with van der Waals surface area (Å²) in [5, 5.41) is 3.31. The first-order valence-corrected chi connectivity index (χ1v) is 5.00. The molecule has 0 saturated heterocycles. The highest BCUT2D eigenvalue weighted by Gasteiger charge is 2.13. The number of hydrogen-bond donors (Lipinski definition) is 1. The average molecular weight is 193 g/mol. The van der Waals surface area contributed by atoms with Gasteiger partial charge in [0.2, 0.25) is 0 Å². The van der Waals surface area contributed by atoms with E-state index in [1.54, 1.807) is 7.11 Å². The van der Waals surface area contributed by atoms with Gasteiger partial charge < -0.3 is 10.1 Å². The molecule has 1 rings (SSSR count). The molecule has 0 aromatic heterocycles. The van der Waals surface area contributed by atoms with Crippen molar-refractivity contribution in [2.45, 2.75) is 19.9 Å². The maximum absolute atomic E-state index is 5.20. The van der Waals surface area contributed by atoms with Crippen LogP contribution < -0.4 is 10.1 Å². The van der Waals surface area contributed by atoms with Crippen LogP contribution in [0.2, 0.25) is 0 Å². The highest BCUT2D eigenvalue weighted by Crippen LogP contribution is 2.24. The lowest BCUT2D eigenvalue weighted by atomic mass is 9.96. The molecule has 0 bridgehead atoms. The second-order valence-electron chi connectivity index (χ2n) is 3.79. The smallest absolute Gasteiger partial charge is 0.119 e. The monoisotopic (exact) mass is 193 g/mol. The minimum absolute atomic E-state index is 0.394. The van der Waals surface area contributed by atoms with E-state index in [-0.39, 0.29) is 0 Å². The normalized spacial score (nSPS) is 12.9. The molecular formula is C12H19NO. The molecule has 14 heavy (non-hydrogen) atoms. The van der Waals surface area contributed by atoms with Crippen molar-refractivity contribution < 1.29 is 4.74 Å². The zero-order chi connectivity index (χ0) is 10.6. The molecular weight excluding hydrogens is 174 g/mol. The second kappa shape index (κ2) is 5.01. The summed E-state index contributed by atoms with van der Waals surface area (Å²) in [6.07, 6.45) is 0. The van der Waals surface area contributed by atoms with Crippen LogP contribution in [0.5, 0.6) is 5.75 Å². The van der Waals surface area contributed by atoms with Crippen LogP contribution >= 0.6 is 0 Å². The van der Waals surface area contributed by atoms with Crippen LogP contribution in [0.3, 0.4) is 0 Å². The van der Waals surface area contributed by atoms with E-state index in [0.717, 1.165) is 5.75 Å². The molecule has 0 radical (unpaired) electrons. The Labute approximate surface area is 86.3 Å². The third-order valence-electron chi connectivity index (χ3n) is 2.43. The van der Waals surface area contributed by atoms with E-state index >= 15 is 0 Å². The lowest BCUT2D eigenvalue weighted by Gasteiger charge is -2.20. The Morgan fingerprint density at radius 1 is 1.29 bits per heavy atom. The minimum atomic E-state index is 0.394. The Morgan fingerprint density at radius 3 is 2.50 bits per heavy atom. The first-order chi connectivity index (χ1) is 6.69. The van der Waals surface area contributed by atoms with E-state index in [1.807, 2.05) is 19.2 Å². The summed E-state index contributed by atoms with van der Waals surface area (Å²) in [7, 11) is 3.69. The quantitative estimate of drug-likeness (QED) is 0.793. The number of rotatable bonds is 4. The largest absolute Gasteiger partial charge is 0.497 e. The van der Waals surface area contributed by atoms with Gasteiger partial charge in [0.1, 0.15) is 5.75 Å². The molecule has 78 valence electrons. The van der Waals surface area contributed by atoms with E-state index in [9.17, 15) is 0 Å². The van der Waals surface area contributed by atoms with E-state index in [0.29, 0.717) is 12.0 Å². The molecule has 0 amide bonds.